The van der Waals surface area contributed by atoms with Crippen molar-refractivity contribution < 1.29 is 13.2 Å². The van der Waals surface area contributed by atoms with Crippen LogP contribution in [0.3, 0.4) is 0 Å². The summed E-state index contributed by atoms with van der Waals surface area (Å²) in [5, 5.41) is 5.10. The summed E-state index contributed by atoms with van der Waals surface area (Å²) in [4.78, 5) is 14.5. The third-order valence-electron chi connectivity index (χ3n) is 5.29. The number of piperidine rings is 1. The minimum Gasteiger partial charge on any atom is -0.339 e. The molecule has 0 bridgehead atoms. The van der Waals surface area contributed by atoms with Gasteiger partial charge in [-0.1, -0.05) is 29.8 Å². The first-order valence-corrected chi connectivity index (χ1v) is 10.9. The van der Waals surface area contributed by atoms with Crippen LogP contribution in [-0.4, -0.2) is 32.3 Å². The van der Waals surface area contributed by atoms with Crippen molar-refractivity contribution in [3.8, 4) is 0 Å². The molecule has 0 aromatic heterocycles. The van der Waals surface area contributed by atoms with Gasteiger partial charge in [-0.2, -0.15) is 0 Å². The molecule has 1 heterocycles. The first-order chi connectivity index (χ1) is 12.8. The molecule has 0 spiro atoms. The standard InChI is InChI=1S/C21H26N2O3S/c1-16-2-4-17(5-3-16)6-7-18-12-14-23(15-13-18)21(24)19-8-10-20(11-9-19)27(22,25)26/h2-5,8-11,18H,6-7,12-15H2,1H3,(H2,22,25,26). The lowest BCUT2D eigenvalue weighted by Crippen LogP contribution is -2.38. The van der Waals surface area contributed by atoms with Gasteiger partial charge in [0.1, 0.15) is 0 Å². The average molecular weight is 387 g/mol. The first kappa shape index (κ1) is 19.6. The van der Waals surface area contributed by atoms with Gasteiger partial charge in [0.2, 0.25) is 10.0 Å². The number of aryl methyl sites for hydroxylation is 2. The van der Waals surface area contributed by atoms with Crippen molar-refractivity contribution in [1.82, 2.24) is 4.90 Å². The largest absolute Gasteiger partial charge is 0.339 e. The van der Waals surface area contributed by atoms with Gasteiger partial charge in [0.05, 0.1) is 4.90 Å². The van der Waals surface area contributed by atoms with Crippen LogP contribution in [0, 0.1) is 12.8 Å². The van der Waals surface area contributed by atoms with E-state index in [1.54, 1.807) is 0 Å². The number of primary sulfonamides is 1. The normalized spacial score (nSPS) is 15.7. The minimum atomic E-state index is -3.73. The van der Waals surface area contributed by atoms with Crippen molar-refractivity contribution >= 4 is 15.9 Å². The number of likely N-dealkylation sites (tertiary alicyclic amines) is 1. The number of rotatable bonds is 5. The molecule has 1 aliphatic heterocycles. The molecule has 1 aliphatic rings. The lowest BCUT2D eigenvalue weighted by atomic mass is 9.90. The molecule has 2 aromatic carbocycles. The minimum absolute atomic E-state index is 0.0221. The molecule has 1 fully saturated rings. The van der Waals surface area contributed by atoms with E-state index in [-0.39, 0.29) is 10.8 Å². The fourth-order valence-corrected chi connectivity index (χ4v) is 4.04. The van der Waals surface area contributed by atoms with Crippen LogP contribution >= 0.6 is 0 Å². The zero-order valence-electron chi connectivity index (χ0n) is 15.6. The number of nitrogens with two attached hydrogens (primary N) is 1. The van der Waals surface area contributed by atoms with Crippen LogP contribution < -0.4 is 5.14 Å². The second-order valence-electron chi connectivity index (χ2n) is 7.33. The Bertz CT molecular complexity index is 882. The van der Waals surface area contributed by atoms with Crippen molar-refractivity contribution in [2.75, 3.05) is 13.1 Å². The molecular formula is C21H26N2O3S. The third-order valence-corrected chi connectivity index (χ3v) is 6.22. The summed E-state index contributed by atoms with van der Waals surface area (Å²) in [7, 11) is -3.73. The van der Waals surface area contributed by atoms with E-state index in [1.807, 2.05) is 4.90 Å². The summed E-state index contributed by atoms with van der Waals surface area (Å²) in [6.45, 7) is 3.59. The molecule has 144 valence electrons. The van der Waals surface area contributed by atoms with Crippen molar-refractivity contribution in [3.05, 3.63) is 65.2 Å². The molecule has 5 nitrogen and oxygen atoms in total. The number of hydrogen-bond donors (Lipinski definition) is 1. The molecular weight excluding hydrogens is 360 g/mol. The quantitative estimate of drug-likeness (QED) is 0.857. The number of benzene rings is 2. The average Bonchev–Trinajstić information content (AvgIpc) is 2.67. The lowest BCUT2D eigenvalue weighted by molar-refractivity contribution is 0.0687. The van der Waals surface area contributed by atoms with Gasteiger partial charge in [0.15, 0.2) is 0 Å². The topological polar surface area (TPSA) is 80.5 Å². The van der Waals surface area contributed by atoms with Crippen LogP contribution in [0.25, 0.3) is 0 Å². The van der Waals surface area contributed by atoms with E-state index in [0.717, 1.165) is 38.8 Å². The Morgan fingerprint density at radius 3 is 2.19 bits per heavy atom. The summed E-state index contributed by atoms with van der Waals surface area (Å²) in [5.74, 6) is 0.591. The first-order valence-electron chi connectivity index (χ1n) is 9.30. The summed E-state index contributed by atoms with van der Waals surface area (Å²) in [5.41, 5.74) is 3.15. The Balaban J connectivity index is 1.51. The number of amides is 1. The van der Waals surface area contributed by atoms with Gasteiger partial charge in [-0.05, 0) is 68.4 Å². The Morgan fingerprint density at radius 2 is 1.63 bits per heavy atom. The molecule has 27 heavy (non-hydrogen) atoms. The summed E-state index contributed by atoms with van der Waals surface area (Å²) in [6, 6.07) is 14.5. The monoisotopic (exact) mass is 386 g/mol. The van der Waals surface area contributed by atoms with Gasteiger partial charge in [-0.25, -0.2) is 13.6 Å². The molecule has 0 radical (unpaired) electrons. The van der Waals surface area contributed by atoms with E-state index >= 15 is 0 Å². The van der Waals surface area contributed by atoms with Crippen LogP contribution in [0.1, 0.15) is 40.7 Å². The zero-order valence-corrected chi connectivity index (χ0v) is 16.4. The SMILES string of the molecule is Cc1ccc(CCC2CCN(C(=O)c3ccc(S(N)(=O)=O)cc3)CC2)cc1. The van der Waals surface area contributed by atoms with E-state index < -0.39 is 10.0 Å². The van der Waals surface area contributed by atoms with Crippen molar-refractivity contribution in [3.63, 3.8) is 0 Å². The predicted octanol–water partition coefficient (Wildman–Crippen LogP) is 3.13. The molecule has 0 saturated carbocycles. The highest BCUT2D eigenvalue weighted by Crippen LogP contribution is 2.24. The van der Waals surface area contributed by atoms with Crippen LogP contribution in [0.2, 0.25) is 0 Å². The number of sulfonamides is 1. The lowest BCUT2D eigenvalue weighted by Gasteiger charge is -2.32. The molecule has 3 rings (SSSR count). The van der Waals surface area contributed by atoms with Crippen molar-refractivity contribution in [2.24, 2.45) is 11.1 Å². The van der Waals surface area contributed by atoms with Gasteiger partial charge < -0.3 is 4.90 Å². The zero-order chi connectivity index (χ0) is 19.4. The summed E-state index contributed by atoms with van der Waals surface area (Å²) in [6.07, 6.45) is 4.24. The Labute approximate surface area is 161 Å². The Morgan fingerprint density at radius 1 is 1.04 bits per heavy atom. The fourth-order valence-electron chi connectivity index (χ4n) is 3.52. The van der Waals surface area contributed by atoms with Crippen LogP contribution in [0.5, 0.6) is 0 Å². The van der Waals surface area contributed by atoms with Gasteiger partial charge in [-0.15, -0.1) is 0 Å². The fraction of sp³-hybridized carbons (Fsp3) is 0.381. The Hall–Kier alpha value is -2.18. The van der Waals surface area contributed by atoms with E-state index in [2.05, 4.69) is 31.2 Å². The number of nitrogens with zero attached hydrogens (tertiary/aromatic N) is 1. The highest BCUT2D eigenvalue weighted by atomic mass is 32.2. The second-order valence-corrected chi connectivity index (χ2v) is 8.89. The van der Waals surface area contributed by atoms with Gasteiger partial charge in [-0.3, -0.25) is 4.79 Å². The van der Waals surface area contributed by atoms with Gasteiger partial charge >= 0.3 is 0 Å². The molecule has 1 amide bonds. The van der Waals surface area contributed by atoms with E-state index in [9.17, 15) is 13.2 Å². The van der Waals surface area contributed by atoms with Crippen LogP contribution in [-0.2, 0) is 16.4 Å². The maximum Gasteiger partial charge on any atom is 0.253 e. The highest BCUT2D eigenvalue weighted by Gasteiger charge is 2.23. The molecule has 2 N–H and O–H groups in total. The third kappa shape index (κ3) is 5.17. The predicted molar refractivity (Wildman–Crippen MR) is 106 cm³/mol. The molecule has 0 unspecified atom stereocenters. The van der Waals surface area contributed by atoms with E-state index in [1.165, 1.54) is 35.4 Å². The molecule has 1 saturated heterocycles. The van der Waals surface area contributed by atoms with Crippen molar-refractivity contribution in [2.45, 2.75) is 37.5 Å². The smallest absolute Gasteiger partial charge is 0.253 e. The number of carbonyl (C=O) groups is 1. The summed E-state index contributed by atoms with van der Waals surface area (Å²) < 4.78 is 22.6. The number of hydrogen-bond acceptors (Lipinski definition) is 3. The molecule has 0 atom stereocenters. The maximum absolute atomic E-state index is 12.6. The van der Waals surface area contributed by atoms with Crippen molar-refractivity contribution in [1.29, 1.82) is 0 Å². The van der Waals surface area contributed by atoms with Gasteiger partial charge in [0, 0.05) is 18.7 Å². The highest BCUT2D eigenvalue weighted by molar-refractivity contribution is 7.89. The molecule has 0 aliphatic carbocycles. The van der Waals surface area contributed by atoms with E-state index in [0.29, 0.717) is 11.5 Å². The molecule has 6 heteroatoms. The maximum atomic E-state index is 12.6. The van der Waals surface area contributed by atoms with Crippen LogP contribution in [0.4, 0.5) is 0 Å². The van der Waals surface area contributed by atoms with Gasteiger partial charge in [0.25, 0.3) is 5.91 Å². The Kier molecular flexibility index (Phi) is 5.97. The molecule has 2 aromatic rings. The second kappa shape index (κ2) is 8.23. The number of carbonyl (C=O) groups excluding carboxylic acids is 1. The van der Waals surface area contributed by atoms with E-state index in [4.69, 9.17) is 5.14 Å². The van der Waals surface area contributed by atoms with Crippen LogP contribution in [0.15, 0.2) is 53.4 Å². The summed E-state index contributed by atoms with van der Waals surface area (Å²) >= 11 is 0.